The third-order valence-corrected chi connectivity index (χ3v) is 4.96. The van der Waals surface area contributed by atoms with E-state index < -0.39 is 0 Å². The zero-order valence-corrected chi connectivity index (χ0v) is 17.1. The van der Waals surface area contributed by atoms with Crippen molar-refractivity contribution in [3.8, 4) is 6.07 Å². The molecule has 0 saturated carbocycles. The molecule has 25 heavy (non-hydrogen) atoms. The summed E-state index contributed by atoms with van der Waals surface area (Å²) in [5, 5.41) is 8.42. The second kappa shape index (κ2) is 23.2. The molecule has 1 nitrogen and oxygen atoms in total. The number of nitrogens with zero attached hydrogens (tertiary/aromatic N) is 1. The molecule has 0 aromatic heterocycles. The molecule has 0 spiro atoms. The van der Waals surface area contributed by atoms with Crippen LogP contribution in [0.15, 0.2) is 12.2 Å². The summed E-state index contributed by atoms with van der Waals surface area (Å²) in [7, 11) is 0. The highest BCUT2D eigenvalue weighted by molar-refractivity contribution is 4.90. The van der Waals surface area contributed by atoms with Crippen LogP contribution >= 0.6 is 0 Å². The molecule has 0 aliphatic rings. The number of nitriles is 1. The molecule has 0 amide bonds. The van der Waals surface area contributed by atoms with Gasteiger partial charge in [0.15, 0.2) is 0 Å². The van der Waals surface area contributed by atoms with Crippen molar-refractivity contribution in [2.45, 2.75) is 129 Å². The smallest absolute Gasteiger partial charge is 0.0669 e. The van der Waals surface area contributed by atoms with Crippen LogP contribution in [-0.2, 0) is 0 Å². The maximum atomic E-state index is 8.42. The minimum Gasteiger partial charge on any atom is -0.198 e. The summed E-state index contributed by atoms with van der Waals surface area (Å²) in [5.74, 6) is 0. The Morgan fingerprint density at radius 2 is 0.880 bits per heavy atom. The largest absolute Gasteiger partial charge is 0.198 e. The second-order valence-electron chi connectivity index (χ2n) is 7.45. The van der Waals surface area contributed by atoms with E-state index in [1.165, 1.54) is 116 Å². The molecule has 0 aromatic rings. The number of unbranched alkanes of at least 4 members (excludes halogenated alkanes) is 18. The summed E-state index contributed by atoms with van der Waals surface area (Å²) in [6, 6.07) is 2.10. The molecular formula is C24H44N. The summed E-state index contributed by atoms with van der Waals surface area (Å²) in [6.45, 7) is 2.21. The maximum absolute atomic E-state index is 8.42. The first-order valence-electron chi connectivity index (χ1n) is 11.3. The van der Waals surface area contributed by atoms with Gasteiger partial charge in [0.25, 0.3) is 0 Å². The predicted molar refractivity (Wildman–Crippen MR) is 112 cm³/mol. The average molecular weight is 347 g/mol. The van der Waals surface area contributed by atoms with Crippen LogP contribution < -0.4 is 0 Å². The van der Waals surface area contributed by atoms with E-state index in [2.05, 4.69) is 25.1 Å². The normalized spacial score (nSPS) is 11.2. The summed E-state index contributed by atoms with van der Waals surface area (Å²) >= 11 is 0. The lowest BCUT2D eigenvalue weighted by molar-refractivity contribution is 0.528. The minimum absolute atomic E-state index is 0.979. The summed E-state index contributed by atoms with van der Waals surface area (Å²) in [6.07, 6.45) is 32.3. The van der Waals surface area contributed by atoms with Crippen LogP contribution in [0.4, 0.5) is 0 Å². The molecule has 0 unspecified atom stereocenters. The van der Waals surface area contributed by atoms with Gasteiger partial charge in [-0.3, -0.25) is 0 Å². The molecule has 0 saturated heterocycles. The van der Waals surface area contributed by atoms with Gasteiger partial charge >= 0.3 is 0 Å². The first-order valence-corrected chi connectivity index (χ1v) is 11.3. The summed E-state index contributed by atoms with van der Waals surface area (Å²) < 4.78 is 0. The fourth-order valence-corrected chi connectivity index (χ4v) is 3.33. The zero-order chi connectivity index (χ0) is 18.3. The van der Waals surface area contributed by atoms with Crippen LogP contribution in [0.3, 0.4) is 0 Å². The van der Waals surface area contributed by atoms with Crippen LogP contribution in [0, 0.1) is 17.8 Å². The first kappa shape index (κ1) is 24.2. The van der Waals surface area contributed by atoms with Crippen LogP contribution in [0.2, 0.25) is 0 Å². The Hall–Kier alpha value is -0.770. The molecule has 0 aliphatic carbocycles. The number of rotatable bonds is 20. The molecule has 1 heteroatoms. The molecule has 0 heterocycles. The Morgan fingerprint density at radius 1 is 0.520 bits per heavy atom. The topological polar surface area (TPSA) is 23.8 Å². The Labute approximate surface area is 159 Å². The fourth-order valence-electron chi connectivity index (χ4n) is 3.33. The molecular weight excluding hydrogens is 302 g/mol. The van der Waals surface area contributed by atoms with E-state index in [0.29, 0.717) is 0 Å². The van der Waals surface area contributed by atoms with Crippen molar-refractivity contribution >= 4 is 0 Å². The molecule has 0 rings (SSSR count). The second-order valence-corrected chi connectivity index (χ2v) is 7.45. The van der Waals surface area contributed by atoms with Crippen LogP contribution in [0.1, 0.15) is 129 Å². The molecule has 0 aliphatic heterocycles. The van der Waals surface area contributed by atoms with Crippen molar-refractivity contribution in [1.82, 2.24) is 0 Å². The minimum atomic E-state index is 0.979. The van der Waals surface area contributed by atoms with Gasteiger partial charge in [0, 0.05) is 0 Å². The number of allylic oxidation sites excluding steroid dienone is 2. The van der Waals surface area contributed by atoms with Crippen molar-refractivity contribution in [1.29, 1.82) is 5.26 Å². The van der Waals surface area contributed by atoms with Gasteiger partial charge in [-0.2, -0.15) is 5.26 Å². The van der Waals surface area contributed by atoms with E-state index in [1.807, 2.05) is 0 Å². The highest BCUT2D eigenvalue weighted by Crippen LogP contribution is 2.14. The van der Waals surface area contributed by atoms with Gasteiger partial charge in [-0.1, -0.05) is 115 Å². The number of hydrogen-bond acceptors (Lipinski definition) is 1. The molecule has 0 atom stereocenters. The van der Waals surface area contributed by atoms with Crippen LogP contribution in [-0.4, -0.2) is 0 Å². The molecule has 145 valence electrons. The Balaban J connectivity index is 2.98. The SMILES string of the molecule is CCC=CCCCCCCCCCCCCCCCCCC[CH]C#N. The van der Waals surface area contributed by atoms with Crippen molar-refractivity contribution < 1.29 is 0 Å². The fraction of sp³-hybridized carbons (Fsp3) is 0.833. The average Bonchev–Trinajstić information content (AvgIpc) is 2.63. The Morgan fingerprint density at radius 3 is 1.24 bits per heavy atom. The highest BCUT2D eigenvalue weighted by Gasteiger charge is 1.95. The van der Waals surface area contributed by atoms with Crippen molar-refractivity contribution in [2.75, 3.05) is 0 Å². The number of hydrogen-bond donors (Lipinski definition) is 0. The van der Waals surface area contributed by atoms with E-state index in [4.69, 9.17) is 5.26 Å². The van der Waals surface area contributed by atoms with Crippen molar-refractivity contribution in [2.24, 2.45) is 0 Å². The quantitative estimate of drug-likeness (QED) is 0.160. The third-order valence-electron chi connectivity index (χ3n) is 4.96. The molecule has 0 aromatic carbocycles. The molecule has 0 N–H and O–H groups in total. The highest BCUT2D eigenvalue weighted by atomic mass is 14.2. The van der Waals surface area contributed by atoms with E-state index in [-0.39, 0.29) is 0 Å². The lowest BCUT2D eigenvalue weighted by Gasteiger charge is -2.03. The molecule has 0 bridgehead atoms. The third kappa shape index (κ3) is 23.2. The van der Waals surface area contributed by atoms with Gasteiger partial charge in [-0.25, -0.2) is 0 Å². The van der Waals surface area contributed by atoms with Gasteiger partial charge in [-0.15, -0.1) is 0 Å². The van der Waals surface area contributed by atoms with Gasteiger partial charge < -0.3 is 0 Å². The van der Waals surface area contributed by atoms with Crippen molar-refractivity contribution in [3.05, 3.63) is 18.6 Å². The lowest BCUT2D eigenvalue weighted by atomic mass is 10.0. The van der Waals surface area contributed by atoms with E-state index in [9.17, 15) is 0 Å². The molecule has 1 radical (unpaired) electrons. The van der Waals surface area contributed by atoms with Gasteiger partial charge in [0.05, 0.1) is 12.5 Å². The van der Waals surface area contributed by atoms with E-state index in [0.717, 1.165) is 6.42 Å². The zero-order valence-electron chi connectivity index (χ0n) is 17.1. The molecule has 0 fully saturated rings. The van der Waals surface area contributed by atoms with E-state index in [1.54, 1.807) is 6.42 Å². The standard InChI is InChI=1S/C24H44N/c1-2-3-4-5-6-7-8-9-10-11-12-13-14-15-16-17-18-19-20-21-22-23-24-25/h3-4,23H,2,5-22H2,1H3. The monoisotopic (exact) mass is 346 g/mol. The maximum Gasteiger partial charge on any atom is 0.0669 e. The van der Waals surface area contributed by atoms with Crippen LogP contribution in [0.25, 0.3) is 0 Å². The van der Waals surface area contributed by atoms with Crippen molar-refractivity contribution in [3.63, 3.8) is 0 Å². The Kier molecular flexibility index (Phi) is 22.5. The first-order chi connectivity index (χ1) is 12.4. The van der Waals surface area contributed by atoms with Gasteiger partial charge in [0.2, 0.25) is 0 Å². The van der Waals surface area contributed by atoms with Crippen LogP contribution in [0.5, 0.6) is 0 Å². The van der Waals surface area contributed by atoms with Gasteiger partial charge in [0.1, 0.15) is 0 Å². The summed E-state index contributed by atoms with van der Waals surface area (Å²) in [4.78, 5) is 0. The Bertz CT molecular complexity index is 300. The van der Waals surface area contributed by atoms with E-state index >= 15 is 0 Å². The predicted octanol–water partition coefficient (Wildman–Crippen LogP) is 8.70. The summed E-state index contributed by atoms with van der Waals surface area (Å²) in [5.41, 5.74) is 0. The lowest BCUT2D eigenvalue weighted by Crippen LogP contribution is -1.84. The van der Waals surface area contributed by atoms with Gasteiger partial charge in [-0.05, 0) is 25.7 Å².